The third-order valence-corrected chi connectivity index (χ3v) is 6.10. The molecular weight excluding hydrogens is 354 g/mol. The first-order chi connectivity index (χ1) is 13.6. The highest BCUT2D eigenvalue weighted by atomic mass is 16.5. The van der Waals surface area contributed by atoms with Crippen molar-refractivity contribution in [1.82, 2.24) is 5.32 Å². The van der Waals surface area contributed by atoms with Crippen LogP contribution < -0.4 is 5.32 Å². The van der Waals surface area contributed by atoms with E-state index >= 15 is 0 Å². The number of amides is 1. The van der Waals surface area contributed by atoms with Crippen LogP contribution in [0.1, 0.15) is 42.7 Å². The molecule has 1 atom stereocenters. The smallest absolute Gasteiger partial charge is 0.407 e. The fourth-order valence-corrected chi connectivity index (χ4v) is 4.66. The van der Waals surface area contributed by atoms with Gasteiger partial charge in [-0.3, -0.25) is 4.79 Å². The molecule has 2 aromatic rings. The lowest BCUT2D eigenvalue weighted by molar-refractivity contribution is -0.143. The highest BCUT2D eigenvalue weighted by Gasteiger charge is 2.32. The Morgan fingerprint density at radius 2 is 1.57 bits per heavy atom. The summed E-state index contributed by atoms with van der Waals surface area (Å²) in [6, 6.07) is 16.3. The van der Waals surface area contributed by atoms with Crippen molar-refractivity contribution in [3.8, 4) is 11.1 Å². The number of carbonyl (C=O) groups is 2. The molecule has 1 amide bonds. The first-order valence-electron chi connectivity index (χ1n) is 9.97. The van der Waals surface area contributed by atoms with Gasteiger partial charge in [-0.2, -0.15) is 0 Å². The monoisotopic (exact) mass is 379 g/mol. The number of hydrogen-bond donors (Lipinski definition) is 2. The van der Waals surface area contributed by atoms with Crippen molar-refractivity contribution < 1.29 is 19.4 Å². The molecule has 2 aliphatic rings. The summed E-state index contributed by atoms with van der Waals surface area (Å²) >= 11 is 0. The van der Waals surface area contributed by atoms with Gasteiger partial charge >= 0.3 is 12.1 Å². The van der Waals surface area contributed by atoms with E-state index in [9.17, 15) is 14.7 Å². The minimum absolute atomic E-state index is 0.00301. The van der Waals surface area contributed by atoms with Gasteiger partial charge in [0.1, 0.15) is 6.61 Å². The van der Waals surface area contributed by atoms with Gasteiger partial charge in [-0.25, -0.2) is 4.79 Å². The van der Waals surface area contributed by atoms with Crippen LogP contribution in [0, 0.1) is 11.8 Å². The van der Waals surface area contributed by atoms with Gasteiger partial charge in [0.25, 0.3) is 0 Å². The van der Waals surface area contributed by atoms with Crippen LogP contribution in [0.4, 0.5) is 4.79 Å². The van der Waals surface area contributed by atoms with Gasteiger partial charge in [0.2, 0.25) is 0 Å². The molecule has 28 heavy (non-hydrogen) atoms. The standard InChI is InChI=1S/C23H25NO4/c25-22(26)20(15-7-1-2-8-15)13-24-23(27)28-14-21-18-11-5-3-9-16(18)17-10-4-6-12-19(17)21/h3-6,9-12,15,20-21H,1-2,7-8,13-14H2,(H,24,27)(H,25,26)/t20-/m1/s1. The zero-order chi connectivity index (χ0) is 19.5. The number of nitrogens with one attached hydrogen (secondary N) is 1. The van der Waals surface area contributed by atoms with Crippen molar-refractivity contribution in [2.75, 3.05) is 13.2 Å². The first kappa shape index (κ1) is 18.5. The highest BCUT2D eigenvalue weighted by molar-refractivity contribution is 5.79. The molecule has 0 radical (unpaired) electrons. The van der Waals surface area contributed by atoms with E-state index in [0.29, 0.717) is 0 Å². The molecule has 146 valence electrons. The fraction of sp³-hybridized carbons (Fsp3) is 0.391. The SMILES string of the molecule is O=C(NC[C@@H](C(=O)O)C1CCCC1)OCC1c2ccccc2-c2ccccc21. The number of ether oxygens (including phenoxy) is 1. The van der Waals surface area contributed by atoms with Gasteiger partial charge in [0.05, 0.1) is 5.92 Å². The number of rotatable bonds is 6. The average Bonchev–Trinajstić information content (AvgIpc) is 3.33. The van der Waals surface area contributed by atoms with E-state index in [1.165, 1.54) is 11.1 Å². The summed E-state index contributed by atoms with van der Waals surface area (Å²) < 4.78 is 5.49. The third kappa shape index (κ3) is 3.61. The number of hydrogen-bond acceptors (Lipinski definition) is 3. The van der Waals surface area contributed by atoms with Crippen molar-refractivity contribution in [3.05, 3.63) is 59.7 Å². The second-order valence-electron chi connectivity index (χ2n) is 7.70. The highest BCUT2D eigenvalue weighted by Crippen LogP contribution is 2.44. The Morgan fingerprint density at radius 3 is 2.14 bits per heavy atom. The largest absolute Gasteiger partial charge is 0.481 e. The van der Waals surface area contributed by atoms with Gasteiger partial charge in [-0.15, -0.1) is 0 Å². The molecule has 5 nitrogen and oxygen atoms in total. The second-order valence-corrected chi connectivity index (χ2v) is 7.70. The molecule has 0 aromatic heterocycles. The molecule has 0 unspecified atom stereocenters. The number of carboxylic acids is 1. The van der Waals surface area contributed by atoms with Crippen molar-refractivity contribution in [3.63, 3.8) is 0 Å². The van der Waals surface area contributed by atoms with Gasteiger partial charge in [-0.1, -0.05) is 61.4 Å². The Hall–Kier alpha value is -2.82. The van der Waals surface area contributed by atoms with Crippen LogP contribution in [0.3, 0.4) is 0 Å². The van der Waals surface area contributed by atoms with E-state index < -0.39 is 18.0 Å². The minimum atomic E-state index is -0.842. The van der Waals surface area contributed by atoms with Crippen molar-refractivity contribution in [1.29, 1.82) is 0 Å². The molecule has 2 N–H and O–H groups in total. The number of carboxylic acid groups (broad SMARTS) is 1. The fourth-order valence-electron chi connectivity index (χ4n) is 4.66. The molecular formula is C23H25NO4. The lowest BCUT2D eigenvalue weighted by Crippen LogP contribution is -2.37. The van der Waals surface area contributed by atoms with Gasteiger partial charge in [-0.05, 0) is 41.0 Å². The average molecular weight is 379 g/mol. The predicted octanol–water partition coefficient (Wildman–Crippen LogP) is 4.42. The molecule has 4 rings (SSSR count). The maximum absolute atomic E-state index is 12.2. The molecule has 0 aliphatic heterocycles. The van der Waals surface area contributed by atoms with Crippen molar-refractivity contribution >= 4 is 12.1 Å². The van der Waals surface area contributed by atoms with E-state index in [1.807, 2.05) is 24.3 Å². The maximum Gasteiger partial charge on any atom is 0.407 e. The molecule has 5 heteroatoms. The Morgan fingerprint density at radius 1 is 1.00 bits per heavy atom. The van der Waals surface area contributed by atoms with Crippen LogP contribution in [0.15, 0.2) is 48.5 Å². The number of alkyl carbamates (subject to hydrolysis) is 1. The lowest BCUT2D eigenvalue weighted by Gasteiger charge is -2.20. The molecule has 2 aromatic carbocycles. The first-order valence-corrected chi connectivity index (χ1v) is 9.97. The Balaban J connectivity index is 1.38. The third-order valence-electron chi connectivity index (χ3n) is 6.10. The summed E-state index contributed by atoms with van der Waals surface area (Å²) in [5.74, 6) is -1.23. The molecule has 1 fully saturated rings. The molecule has 0 heterocycles. The summed E-state index contributed by atoms with van der Waals surface area (Å²) in [5.41, 5.74) is 4.68. The van der Waals surface area contributed by atoms with E-state index in [1.54, 1.807) is 0 Å². The maximum atomic E-state index is 12.2. The zero-order valence-electron chi connectivity index (χ0n) is 15.8. The summed E-state index contributed by atoms with van der Waals surface area (Å²) in [4.78, 5) is 23.8. The lowest BCUT2D eigenvalue weighted by atomic mass is 9.91. The topological polar surface area (TPSA) is 75.6 Å². The summed E-state index contributed by atoms with van der Waals surface area (Å²) in [5, 5.41) is 12.1. The molecule has 1 saturated carbocycles. The zero-order valence-corrected chi connectivity index (χ0v) is 15.8. The molecule has 0 bridgehead atoms. The van der Waals surface area contributed by atoms with E-state index in [4.69, 9.17) is 4.74 Å². The molecule has 0 spiro atoms. The van der Waals surface area contributed by atoms with Crippen LogP contribution in [-0.4, -0.2) is 30.3 Å². The Kier molecular flexibility index (Phi) is 5.33. The minimum Gasteiger partial charge on any atom is -0.481 e. The number of aliphatic carboxylic acids is 1. The second kappa shape index (κ2) is 8.05. The number of benzene rings is 2. The predicted molar refractivity (Wildman–Crippen MR) is 106 cm³/mol. The van der Waals surface area contributed by atoms with Crippen LogP contribution >= 0.6 is 0 Å². The van der Waals surface area contributed by atoms with Gasteiger partial charge < -0.3 is 15.2 Å². The van der Waals surface area contributed by atoms with E-state index in [0.717, 1.165) is 36.8 Å². The van der Waals surface area contributed by atoms with Crippen molar-refractivity contribution in [2.24, 2.45) is 11.8 Å². The number of carbonyl (C=O) groups excluding carboxylic acids is 1. The van der Waals surface area contributed by atoms with Gasteiger partial charge in [0.15, 0.2) is 0 Å². The number of fused-ring (bicyclic) bond motifs is 3. The van der Waals surface area contributed by atoms with Crippen LogP contribution in [0.5, 0.6) is 0 Å². The Labute approximate surface area is 164 Å². The van der Waals surface area contributed by atoms with E-state index in [-0.39, 0.29) is 25.0 Å². The summed E-state index contributed by atoms with van der Waals surface area (Å²) in [6.07, 6.45) is 3.43. The van der Waals surface area contributed by atoms with Crippen LogP contribution in [0.2, 0.25) is 0 Å². The van der Waals surface area contributed by atoms with Gasteiger partial charge in [0, 0.05) is 12.5 Å². The molecule has 0 saturated heterocycles. The summed E-state index contributed by atoms with van der Waals surface area (Å²) in [6.45, 7) is 0.359. The quantitative estimate of drug-likeness (QED) is 0.779. The van der Waals surface area contributed by atoms with E-state index in [2.05, 4.69) is 29.6 Å². The van der Waals surface area contributed by atoms with Crippen LogP contribution in [0.25, 0.3) is 11.1 Å². The normalized spacial score (nSPS) is 17.0. The van der Waals surface area contributed by atoms with Crippen LogP contribution in [-0.2, 0) is 9.53 Å². The Bertz CT molecular complexity index is 827. The van der Waals surface area contributed by atoms with Crippen molar-refractivity contribution in [2.45, 2.75) is 31.6 Å². The molecule has 2 aliphatic carbocycles. The summed E-state index contributed by atoms with van der Waals surface area (Å²) in [7, 11) is 0.